The van der Waals surface area contributed by atoms with Gasteiger partial charge < -0.3 is 19.2 Å². The molecule has 5 nitrogen and oxygen atoms in total. The predicted molar refractivity (Wildman–Crippen MR) is 154 cm³/mol. The van der Waals surface area contributed by atoms with Crippen LogP contribution < -0.4 is 0 Å². The number of benzene rings is 2. The number of aryl methyl sites for hydroxylation is 1. The summed E-state index contributed by atoms with van der Waals surface area (Å²) in [4.78, 5) is 6.09. The summed E-state index contributed by atoms with van der Waals surface area (Å²) in [5.41, 5.74) is 4.83. The van der Waals surface area contributed by atoms with Crippen molar-refractivity contribution in [2.24, 2.45) is 0 Å². The Bertz CT molecular complexity index is 1630. The Labute approximate surface area is 228 Å². The highest BCUT2D eigenvalue weighted by Gasteiger charge is 2.31. The fourth-order valence-corrected chi connectivity index (χ4v) is 7.24. The maximum absolute atomic E-state index is 16.9. The molecule has 1 N–H and O–H groups in total. The second kappa shape index (κ2) is 10.1. The molecule has 2 aromatic carbocycles. The first-order valence-electron chi connectivity index (χ1n) is 14.0. The number of hydrogen-bond donors (Lipinski definition) is 1. The lowest BCUT2D eigenvalue weighted by molar-refractivity contribution is 0.0250. The van der Waals surface area contributed by atoms with Crippen LogP contribution in [0.25, 0.3) is 32.8 Å². The summed E-state index contributed by atoms with van der Waals surface area (Å²) in [5, 5.41) is 12.1. The highest BCUT2D eigenvalue weighted by atomic mass is 32.1. The molecule has 4 heterocycles. The highest BCUT2D eigenvalue weighted by molar-refractivity contribution is 7.72. The smallest absolute Gasteiger partial charge is 0.151 e. The molecule has 2 aromatic heterocycles. The highest BCUT2D eigenvalue weighted by Crippen LogP contribution is 2.41. The molecule has 4 aromatic rings. The first kappa shape index (κ1) is 25.5. The summed E-state index contributed by atoms with van der Waals surface area (Å²) in [6.45, 7) is 10.0. The van der Waals surface area contributed by atoms with E-state index in [4.69, 9.17) is 17.0 Å². The van der Waals surface area contributed by atoms with E-state index >= 15 is 4.39 Å². The number of aromatic nitrogens is 2. The molecule has 198 valence electrons. The zero-order chi connectivity index (χ0) is 26.6. The van der Waals surface area contributed by atoms with Crippen LogP contribution in [0.1, 0.15) is 75.1 Å². The third-order valence-electron chi connectivity index (χ3n) is 8.77. The van der Waals surface area contributed by atoms with Crippen molar-refractivity contribution < 1.29 is 9.13 Å². The topological polar surface area (TPSA) is 57.0 Å². The standard InChI is InChI=1S/C31H35FN4OS/c1-4-20-16-24-29(28(32)26(20)21-7-11-35(12-8-21)22-9-13-37-14-10-22)36(18(2)3)31-27(30(24)38)23-6-5-19(17-33)15-25(23)34-31/h5-6,15-16,18,21-22,34H,4,7-14H2,1-3H3. The van der Waals surface area contributed by atoms with E-state index < -0.39 is 0 Å². The number of halogens is 1. The number of pyridine rings is 1. The van der Waals surface area contributed by atoms with Crippen LogP contribution in [-0.4, -0.2) is 46.8 Å². The van der Waals surface area contributed by atoms with E-state index in [9.17, 15) is 5.26 Å². The molecule has 0 spiro atoms. The molecule has 0 aliphatic carbocycles. The number of piperidine rings is 1. The number of ether oxygens (including phenoxy) is 1. The van der Waals surface area contributed by atoms with Crippen molar-refractivity contribution in [2.75, 3.05) is 26.3 Å². The van der Waals surface area contributed by atoms with Gasteiger partial charge in [-0.15, -0.1) is 0 Å². The lowest BCUT2D eigenvalue weighted by atomic mass is 9.83. The molecule has 0 unspecified atom stereocenters. The van der Waals surface area contributed by atoms with Gasteiger partial charge in [-0.25, -0.2) is 4.39 Å². The van der Waals surface area contributed by atoms with Gasteiger partial charge in [-0.2, -0.15) is 5.26 Å². The molecule has 6 rings (SSSR count). The maximum Gasteiger partial charge on any atom is 0.151 e. The SMILES string of the molecule is CCc1cc2c(=S)c3c4ccc(C#N)cc4[nH]c3n(C(C)C)c2c(F)c1C1CCN(C2CCOCC2)CC1. The van der Waals surface area contributed by atoms with E-state index in [1.807, 2.05) is 18.2 Å². The maximum atomic E-state index is 16.9. The number of nitrogens with one attached hydrogen (secondary N) is 1. The molecule has 7 heteroatoms. The normalized spacial score (nSPS) is 18.2. The molecular formula is C31H35FN4OS. The van der Waals surface area contributed by atoms with Crippen molar-refractivity contribution in [3.8, 4) is 6.07 Å². The minimum atomic E-state index is -0.109. The lowest BCUT2D eigenvalue weighted by Gasteiger charge is -2.39. The molecule has 0 amide bonds. The molecule has 2 aliphatic rings. The van der Waals surface area contributed by atoms with Crippen LogP contribution in [0.15, 0.2) is 24.3 Å². The van der Waals surface area contributed by atoms with E-state index in [1.165, 1.54) is 0 Å². The fourth-order valence-electron chi connectivity index (χ4n) is 6.88. The van der Waals surface area contributed by atoms with Crippen LogP contribution in [0, 0.1) is 21.7 Å². The van der Waals surface area contributed by atoms with Gasteiger partial charge in [0.05, 0.1) is 21.7 Å². The quantitative estimate of drug-likeness (QED) is 0.277. The van der Waals surface area contributed by atoms with Gasteiger partial charge in [-0.05, 0) is 94.3 Å². The average molecular weight is 531 g/mol. The summed E-state index contributed by atoms with van der Waals surface area (Å²) in [7, 11) is 0. The number of fused-ring (bicyclic) bond motifs is 4. The van der Waals surface area contributed by atoms with Gasteiger partial charge in [-0.3, -0.25) is 0 Å². The minimum absolute atomic E-state index is 0.0179. The summed E-state index contributed by atoms with van der Waals surface area (Å²) in [6, 6.07) is 10.6. The average Bonchev–Trinajstić information content (AvgIpc) is 3.32. The first-order valence-corrected chi connectivity index (χ1v) is 14.4. The molecule has 2 aliphatic heterocycles. The fraction of sp³-hybridized carbons (Fsp3) is 0.484. The lowest BCUT2D eigenvalue weighted by Crippen LogP contribution is -2.43. The van der Waals surface area contributed by atoms with E-state index in [-0.39, 0.29) is 17.8 Å². The number of hydrogen-bond acceptors (Lipinski definition) is 4. The Morgan fingerprint density at radius 3 is 2.53 bits per heavy atom. The van der Waals surface area contributed by atoms with Gasteiger partial charge in [0.25, 0.3) is 0 Å². The second-order valence-corrected chi connectivity index (χ2v) is 11.6. The zero-order valence-electron chi connectivity index (χ0n) is 22.4. The molecule has 0 saturated carbocycles. The van der Waals surface area contributed by atoms with Crippen molar-refractivity contribution >= 4 is 45.1 Å². The van der Waals surface area contributed by atoms with Crippen molar-refractivity contribution in [1.82, 2.24) is 14.5 Å². The van der Waals surface area contributed by atoms with Crippen LogP contribution in [-0.2, 0) is 11.2 Å². The molecule has 2 fully saturated rings. The van der Waals surface area contributed by atoms with Gasteiger partial charge in [0.2, 0.25) is 0 Å². The number of H-pyrrole nitrogens is 1. The number of nitriles is 1. The Morgan fingerprint density at radius 2 is 1.87 bits per heavy atom. The molecule has 0 radical (unpaired) electrons. The van der Waals surface area contributed by atoms with Gasteiger partial charge >= 0.3 is 0 Å². The van der Waals surface area contributed by atoms with Crippen molar-refractivity contribution in [1.29, 1.82) is 5.26 Å². The van der Waals surface area contributed by atoms with Crippen LogP contribution in [0.2, 0.25) is 0 Å². The van der Waals surface area contributed by atoms with Gasteiger partial charge in [0.15, 0.2) is 5.82 Å². The summed E-state index contributed by atoms with van der Waals surface area (Å²) in [6.07, 6.45) is 4.92. The van der Waals surface area contributed by atoms with Gasteiger partial charge in [0.1, 0.15) is 5.65 Å². The number of aromatic amines is 1. The van der Waals surface area contributed by atoms with E-state index in [1.54, 1.807) is 0 Å². The Morgan fingerprint density at radius 1 is 1.13 bits per heavy atom. The Kier molecular flexibility index (Phi) is 6.75. The molecular weight excluding hydrogens is 495 g/mol. The predicted octanol–water partition coefficient (Wildman–Crippen LogP) is 7.52. The van der Waals surface area contributed by atoms with Crippen molar-refractivity contribution in [3.05, 3.63) is 51.3 Å². The van der Waals surface area contributed by atoms with Crippen LogP contribution >= 0.6 is 12.2 Å². The third kappa shape index (κ3) is 4.05. The molecule has 38 heavy (non-hydrogen) atoms. The first-order chi connectivity index (χ1) is 18.4. The molecule has 0 bridgehead atoms. The third-order valence-corrected chi connectivity index (χ3v) is 9.19. The molecule has 2 saturated heterocycles. The minimum Gasteiger partial charge on any atom is -0.381 e. The van der Waals surface area contributed by atoms with Gasteiger partial charge in [-0.1, -0.05) is 25.2 Å². The zero-order valence-corrected chi connectivity index (χ0v) is 23.3. The van der Waals surface area contributed by atoms with Gasteiger partial charge in [0, 0.05) is 47.0 Å². The Hall–Kier alpha value is -2.79. The Balaban J connectivity index is 1.52. The summed E-state index contributed by atoms with van der Waals surface area (Å²) < 4.78 is 25.2. The molecule has 0 atom stereocenters. The second-order valence-electron chi connectivity index (χ2n) is 11.2. The number of rotatable bonds is 4. The largest absolute Gasteiger partial charge is 0.381 e. The summed E-state index contributed by atoms with van der Waals surface area (Å²) in [5.74, 6) is 0.0955. The van der Waals surface area contributed by atoms with Crippen LogP contribution in [0.3, 0.4) is 0 Å². The van der Waals surface area contributed by atoms with Crippen LogP contribution in [0.4, 0.5) is 4.39 Å². The number of likely N-dealkylation sites (tertiary alicyclic amines) is 1. The summed E-state index contributed by atoms with van der Waals surface area (Å²) >= 11 is 6.06. The van der Waals surface area contributed by atoms with Crippen molar-refractivity contribution in [3.63, 3.8) is 0 Å². The van der Waals surface area contributed by atoms with E-state index in [0.717, 1.165) is 96.9 Å². The van der Waals surface area contributed by atoms with Crippen molar-refractivity contribution in [2.45, 2.75) is 70.9 Å². The monoisotopic (exact) mass is 530 g/mol. The van der Waals surface area contributed by atoms with E-state index in [2.05, 4.69) is 47.4 Å². The van der Waals surface area contributed by atoms with E-state index in [0.29, 0.717) is 21.6 Å². The number of nitrogens with zero attached hydrogens (tertiary/aromatic N) is 3. The van der Waals surface area contributed by atoms with Crippen LogP contribution in [0.5, 0.6) is 0 Å².